The predicted molar refractivity (Wildman–Crippen MR) is 78.2 cm³/mol. The van der Waals surface area contributed by atoms with Crippen molar-refractivity contribution in [1.82, 2.24) is 0 Å². The van der Waals surface area contributed by atoms with Crippen molar-refractivity contribution >= 4 is 35.0 Å². The van der Waals surface area contributed by atoms with Gasteiger partial charge in [-0.25, -0.2) is 4.79 Å². The maximum Gasteiger partial charge on any atom is 0.338 e. The minimum atomic E-state index is -0.996. The number of rotatable bonds is 4. The van der Waals surface area contributed by atoms with Gasteiger partial charge in [0.2, 0.25) is 11.6 Å². The van der Waals surface area contributed by atoms with Gasteiger partial charge in [-0.15, -0.1) is 0 Å². The van der Waals surface area contributed by atoms with Crippen molar-refractivity contribution in [3.05, 3.63) is 37.9 Å². The number of nitro benzene ring substituents is 2. The molecule has 13 heteroatoms. The van der Waals surface area contributed by atoms with Gasteiger partial charge in [0.25, 0.3) is 0 Å². The van der Waals surface area contributed by atoms with E-state index in [1.54, 1.807) is 0 Å². The highest BCUT2D eigenvalue weighted by Crippen LogP contribution is 2.38. The minimum absolute atomic E-state index is 0.398. The molecule has 1 aromatic carbocycles. The number of nitrogens with zero attached hydrogens (tertiary/aromatic N) is 4. The van der Waals surface area contributed by atoms with E-state index in [4.69, 9.17) is 17.2 Å². The van der Waals surface area contributed by atoms with Crippen molar-refractivity contribution in [3.8, 4) is 0 Å². The highest BCUT2D eigenvalue weighted by molar-refractivity contribution is 5.97. The molecule has 0 aliphatic heterocycles. The van der Waals surface area contributed by atoms with E-state index in [1.165, 1.54) is 0 Å². The number of methoxy groups -OCH3 is 1. The highest BCUT2D eigenvalue weighted by Gasteiger charge is 2.29. The van der Waals surface area contributed by atoms with E-state index < -0.39 is 50.4 Å². The second-order valence-electron chi connectivity index (χ2n) is 3.88. The average molecular weight is 325 g/mol. The summed E-state index contributed by atoms with van der Waals surface area (Å²) in [6.07, 6.45) is 0. The normalized spacial score (nSPS) is 10.7. The van der Waals surface area contributed by atoms with Crippen LogP contribution in [0, 0.1) is 20.2 Å². The molecule has 0 atom stereocenters. The molecule has 0 spiro atoms. The summed E-state index contributed by atoms with van der Waals surface area (Å²) in [7, 11) is 1.02. The number of nitro groups is 2. The van der Waals surface area contributed by atoms with Crippen LogP contribution in [0.25, 0.3) is 0 Å². The number of benzene rings is 1. The Morgan fingerprint density at radius 1 is 1.13 bits per heavy atom. The largest absolute Gasteiger partial charge is 0.465 e. The molecule has 0 aliphatic carbocycles. The van der Waals surface area contributed by atoms with Crippen molar-refractivity contribution in [1.29, 1.82) is 0 Å². The van der Waals surface area contributed by atoms with Crippen molar-refractivity contribution in [2.24, 2.45) is 27.2 Å². The number of aliphatic imine (C=N–C) groups is 2. The SMILES string of the molecule is COC(=O)c1cc([N+](=O)[O-])c(N=C(N)N=C(N)N)c([N+](=O)[O-])c1. The first kappa shape index (κ1) is 17.3. The summed E-state index contributed by atoms with van der Waals surface area (Å²) in [5.41, 5.74) is 12.7. The van der Waals surface area contributed by atoms with Crippen molar-refractivity contribution in [3.63, 3.8) is 0 Å². The van der Waals surface area contributed by atoms with Crippen LogP contribution in [0.4, 0.5) is 17.1 Å². The molecule has 0 aromatic heterocycles. The molecule has 0 unspecified atom stereocenters. The third kappa shape index (κ3) is 4.10. The Balaban J connectivity index is 3.72. The monoisotopic (exact) mass is 325 g/mol. The molecule has 0 heterocycles. The summed E-state index contributed by atoms with van der Waals surface area (Å²) in [6, 6.07) is 1.53. The molecule has 1 aromatic rings. The quantitative estimate of drug-likeness (QED) is 0.213. The maximum absolute atomic E-state index is 11.5. The minimum Gasteiger partial charge on any atom is -0.465 e. The Labute approximate surface area is 127 Å². The lowest BCUT2D eigenvalue weighted by atomic mass is 10.1. The van der Waals surface area contributed by atoms with Gasteiger partial charge >= 0.3 is 17.3 Å². The Morgan fingerprint density at radius 3 is 1.96 bits per heavy atom. The van der Waals surface area contributed by atoms with Crippen LogP contribution in [-0.2, 0) is 4.74 Å². The van der Waals surface area contributed by atoms with E-state index in [9.17, 15) is 25.0 Å². The number of carbonyl (C=O) groups is 1. The van der Waals surface area contributed by atoms with Crippen LogP contribution in [0.2, 0.25) is 0 Å². The maximum atomic E-state index is 11.5. The van der Waals surface area contributed by atoms with Crippen LogP contribution >= 0.6 is 0 Å². The molecule has 122 valence electrons. The van der Waals surface area contributed by atoms with Gasteiger partial charge in [-0.1, -0.05) is 0 Å². The highest BCUT2D eigenvalue weighted by atomic mass is 16.6. The zero-order chi connectivity index (χ0) is 17.7. The van der Waals surface area contributed by atoms with Crippen molar-refractivity contribution in [2.75, 3.05) is 7.11 Å². The fourth-order valence-corrected chi connectivity index (χ4v) is 1.50. The molecule has 0 saturated heterocycles. The molecule has 0 fully saturated rings. The van der Waals surface area contributed by atoms with Gasteiger partial charge in [0.1, 0.15) is 0 Å². The number of carbonyl (C=O) groups excluding carboxylic acids is 1. The summed E-state index contributed by atoms with van der Waals surface area (Å²) in [4.78, 5) is 38.5. The van der Waals surface area contributed by atoms with Crippen LogP contribution in [0.1, 0.15) is 10.4 Å². The summed E-state index contributed by atoms with van der Waals surface area (Å²) >= 11 is 0. The first-order valence-corrected chi connectivity index (χ1v) is 5.66. The summed E-state index contributed by atoms with van der Waals surface area (Å²) in [5.74, 6) is -2.13. The summed E-state index contributed by atoms with van der Waals surface area (Å²) in [5, 5.41) is 22.2. The van der Waals surface area contributed by atoms with Crippen LogP contribution < -0.4 is 17.2 Å². The number of guanidine groups is 2. The lowest BCUT2D eigenvalue weighted by molar-refractivity contribution is -0.392. The lowest BCUT2D eigenvalue weighted by Gasteiger charge is -2.04. The topological polar surface area (TPSA) is 215 Å². The lowest BCUT2D eigenvalue weighted by Crippen LogP contribution is -2.26. The summed E-state index contributed by atoms with van der Waals surface area (Å²) in [6.45, 7) is 0. The van der Waals surface area contributed by atoms with Gasteiger partial charge in [0.05, 0.1) is 22.5 Å². The third-order valence-electron chi connectivity index (χ3n) is 2.35. The van der Waals surface area contributed by atoms with Crippen LogP contribution in [-0.4, -0.2) is 34.8 Å². The molecule has 6 N–H and O–H groups in total. The molecule has 23 heavy (non-hydrogen) atoms. The fourth-order valence-electron chi connectivity index (χ4n) is 1.50. The molecule has 0 saturated carbocycles. The molecule has 0 bridgehead atoms. The number of nitrogens with two attached hydrogens (primary N) is 3. The van der Waals surface area contributed by atoms with Crippen LogP contribution in [0.3, 0.4) is 0 Å². The molecule has 1 rings (SSSR count). The first-order valence-electron chi connectivity index (χ1n) is 5.66. The van der Waals surface area contributed by atoms with Crippen molar-refractivity contribution in [2.45, 2.75) is 0 Å². The van der Waals surface area contributed by atoms with Gasteiger partial charge in [-0.2, -0.15) is 9.98 Å². The fraction of sp³-hybridized carbons (Fsp3) is 0.100. The molecule has 0 aliphatic rings. The molecular formula is C10H11N7O6. The molecular weight excluding hydrogens is 314 g/mol. The van der Waals surface area contributed by atoms with E-state index in [1.807, 2.05) is 0 Å². The summed E-state index contributed by atoms with van der Waals surface area (Å²) < 4.78 is 4.38. The van der Waals surface area contributed by atoms with Gasteiger partial charge in [0.15, 0.2) is 5.96 Å². The van der Waals surface area contributed by atoms with Crippen LogP contribution in [0.5, 0.6) is 0 Å². The van der Waals surface area contributed by atoms with E-state index in [0.29, 0.717) is 0 Å². The van der Waals surface area contributed by atoms with Gasteiger partial charge in [0, 0.05) is 12.1 Å². The molecule has 0 radical (unpaired) electrons. The number of ether oxygens (including phenoxy) is 1. The number of esters is 1. The third-order valence-corrected chi connectivity index (χ3v) is 2.35. The molecule has 0 amide bonds. The van der Waals surface area contributed by atoms with Gasteiger partial charge in [-0.05, 0) is 0 Å². The van der Waals surface area contributed by atoms with E-state index in [2.05, 4.69) is 14.7 Å². The van der Waals surface area contributed by atoms with Crippen molar-refractivity contribution < 1.29 is 19.4 Å². The first-order chi connectivity index (χ1) is 10.7. The Morgan fingerprint density at radius 2 is 1.61 bits per heavy atom. The standard InChI is InChI=1S/C10H11N7O6/c1-23-8(18)4-2-5(16(19)20)7(6(3-4)17(21)22)14-10(13)15-9(11)12/h2-3H,1H3,(H6,11,12,13,14,15). The number of hydrogen-bond acceptors (Lipinski definition) is 7. The van der Waals surface area contributed by atoms with Gasteiger partial charge in [-0.3, -0.25) is 20.2 Å². The predicted octanol–water partition coefficient (Wildman–Crippen LogP) is -0.491. The smallest absolute Gasteiger partial charge is 0.338 e. The zero-order valence-corrected chi connectivity index (χ0v) is 11.6. The average Bonchev–Trinajstić information content (AvgIpc) is 2.44. The van der Waals surface area contributed by atoms with E-state index in [-0.39, 0.29) is 0 Å². The Kier molecular flexibility index (Phi) is 5.10. The number of hydrogen-bond donors (Lipinski definition) is 3. The Bertz CT molecular complexity index is 702. The van der Waals surface area contributed by atoms with E-state index >= 15 is 0 Å². The molecule has 13 nitrogen and oxygen atoms in total. The Hall–Kier alpha value is -3.77. The second kappa shape index (κ2) is 6.79. The van der Waals surface area contributed by atoms with E-state index in [0.717, 1.165) is 19.2 Å². The zero-order valence-electron chi connectivity index (χ0n) is 11.6. The van der Waals surface area contributed by atoms with Crippen LogP contribution in [0.15, 0.2) is 22.1 Å². The van der Waals surface area contributed by atoms with Gasteiger partial charge < -0.3 is 21.9 Å². The second-order valence-corrected chi connectivity index (χ2v) is 3.88.